The summed E-state index contributed by atoms with van der Waals surface area (Å²) in [6, 6.07) is 13.0. The Bertz CT molecular complexity index is 1070. The minimum absolute atomic E-state index is 0.169. The van der Waals surface area contributed by atoms with E-state index in [0.717, 1.165) is 50.8 Å². The van der Waals surface area contributed by atoms with Gasteiger partial charge in [-0.15, -0.1) is 11.6 Å². The standard InChI is InChI=1S/C24H30ClN3O3S/c25-14-6-11-24(29)26-19-12-13-22(28-15-3-4-16-28)23(17-19)32(30,31)27-21-10-5-8-18-7-1-2-9-20(18)21/h1-2,7,9,12-13,17,21,27H,3-6,8,10-11,14-16H2,(H,26,29)/t21-/m0/s1. The Morgan fingerprint density at radius 3 is 2.66 bits per heavy atom. The number of benzene rings is 2. The summed E-state index contributed by atoms with van der Waals surface area (Å²) in [5.74, 6) is 0.241. The van der Waals surface area contributed by atoms with Crippen molar-refractivity contribution in [3.8, 4) is 0 Å². The minimum Gasteiger partial charge on any atom is -0.370 e. The number of hydrogen-bond acceptors (Lipinski definition) is 4. The first-order valence-corrected chi connectivity index (χ1v) is 13.3. The summed E-state index contributed by atoms with van der Waals surface area (Å²) in [5.41, 5.74) is 3.43. The van der Waals surface area contributed by atoms with Crippen molar-refractivity contribution in [3.05, 3.63) is 53.6 Å². The number of alkyl halides is 1. The number of anilines is 2. The topological polar surface area (TPSA) is 78.5 Å². The highest BCUT2D eigenvalue weighted by Crippen LogP contribution is 2.35. The summed E-state index contributed by atoms with van der Waals surface area (Å²) in [4.78, 5) is 14.5. The molecule has 1 atom stereocenters. The first kappa shape index (κ1) is 23.1. The molecule has 2 aromatic rings. The largest absolute Gasteiger partial charge is 0.370 e. The van der Waals surface area contributed by atoms with E-state index in [1.54, 1.807) is 12.1 Å². The SMILES string of the molecule is O=C(CCCCl)Nc1ccc(N2CCCC2)c(S(=O)(=O)N[C@H]2CCCc3ccccc32)c1. The molecule has 172 valence electrons. The molecular formula is C24H30ClN3O3S. The molecule has 1 saturated heterocycles. The molecule has 1 fully saturated rings. The third-order valence-corrected chi connectivity index (χ3v) is 7.95. The highest BCUT2D eigenvalue weighted by molar-refractivity contribution is 7.89. The van der Waals surface area contributed by atoms with Gasteiger partial charge in [-0.1, -0.05) is 24.3 Å². The fraction of sp³-hybridized carbons (Fsp3) is 0.458. The van der Waals surface area contributed by atoms with Crippen molar-refractivity contribution in [2.45, 2.75) is 55.9 Å². The van der Waals surface area contributed by atoms with Gasteiger partial charge in [-0.25, -0.2) is 13.1 Å². The van der Waals surface area contributed by atoms with E-state index < -0.39 is 10.0 Å². The molecule has 2 aromatic carbocycles. The summed E-state index contributed by atoms with van der Waals surface area (Å²) in [6.07, 6.45) is 5.64. The molecule has 0 saturated carbocycles. The number of nitrogens with zero attached hydrogens (tertiary/aromatic N) is 1. The summed E-state index contributed by atoms with van der Waals surface area (Å²) in [5, 5.41) is 2.82. The lowest BCUT2D eigenvalue weighted by molar-refractivity contribution is -0.116. The molecule has 0 bridgehead atoms. The second kappa shape index (κ2) is 10.2. The van der Waals surface area contributed by atoms with E-state index in [1.807, 2.05) is 24.3 Å². The maximum absolute atomic E-state index is 13.6. The first-order chi connectivity index (χ1) is 15.5. The molecule has 6 nitrogen and oxygen atoms in total. The third kappa shape index (κ3) is 5.27. The van der Waals surface area contributed by atoms with Gasteiger partial charge in [0.2, 0.25) is 15.9 Å². The molecule has 4 rings (SSSR count). The van der Waals surface area contributed by atoms with Crippen LogP contribution in [0.2, 0.25) is 0 Å². The van der Waals surface area contributed by atoms with Gasteiger partial charge in [-0.3, -0.25) is 4.79 Å². The van der Waals surface area contributed by atoms with Gasteiger partial charge in [-0.05, 0) is 67.9 Å². The lowest BCUT2D eigenvalue weighted by atomic mass is 9.88. The van der Waals surface area contributed by atoms with Gasteiger partial charge in [0.25, 0.3) is 0 Å². The number of aryl methyl sites for hydroxylation is 1. The zero-order valence-corrected chi connectivity index (χ0v) is 19.7. The van der Waals surface area contributed by atoms with Gasteiger partial charge in [0.15, 0.2) is 0 Å². The zero-order valence-electron chi connectivity index (χ0n) is 18.1. The predicted octanol–water partition coefficient (Wildman–Crippen LogP) is 4.60. The highest BCUT2D eigenvalue weighted by Gasteiger charge is 2.29. The average Bonchev–Trinajstić information content (AvgIpc) is 3.32. The van der Waals surface area contributed by atoms with Gasteiger partial charge in [-0.2, -0.15) is 0 Å². The second-order valence-electron chi connectivity index (χ2n) is 8.48. The van der Waals surface area contributed by atoms with Crippen molar-refractivity contribution in [3.63, 3.8) is 0 Å². The van der Waals surface area contributed by atoms with Crippen molar-refractivity contribution >= 4 is 38.9 Å². The monoisotopic (exact) mass is 475 g/mol. The molecule has 1 heterocycles. The van der Waals surface area contributed by atoms with Crippen LogP contribution in [-0.4, -0.2) is 33.3 Å². The van der Waals surface area contributed by atoms with Crippen LogP contribution >= 0.6 is 11.6 Å². The molecule has 32 heavy (non-hydrogen) atoms. The Morgan fingerprint density at radius 2 is 1.88 bits per heavy atom. The fourth-order valence-electron chi connectivity index (χ4n) is 4.60. The third-order valence-electron chi connectivity index (χ3n) is 6.18. The van der Waals surface area contributed by atoms with Crippen LogP contribution in [0.15, 0.2) is 47.4 Å². The van der Waals surface area contributed by atoms with Gasteiger partial charge < -0.3 is 10.2 Å². The van der Waals surface area contributed by atoms with E-state index in [4.69, 9.17) is 11.6 Å². The summed E-state index contributed by atoms with van der Waals surface area (Å²) >= 11 is 5.68. The van der Waals surface area contributed by atoms with Crippen molar-refractivity contribution in [2.75, 3.05) is 29.2 Å². The summed E-state index contributed by atoms with van der Waals surface area (Å²) < 4.78 is 30.2. The van der Waals surface area contributed by atoms with Crippen LogP contribution in [0.5, 0.6) is 0 Å². The molecule has 2 N–H and O–H groups in total. The van der Waals surface area contributed by atoms with Crippen LogP contribution in [0.1, 0.15) is 55.7 Å². The summed E-state index contributed by atoms with van der Waals surface area (Å²) in [6.45, 7) is 1.66. The molecule has 0 unspecified atom stereocenters. The van der Waals surface area contributed by atoms with E-state index in [1.165, 1.54) is 5.56 Å². The number of sulfonamides is 1. The molecule has 1 aliphatic heterocycles. The molecule has 8 heteroatoms. The minimum atomic E-state index is -3.81. The molecular weight excluding hydrogens is 446 g/mol. The number of amides is 1. The Labute approximate surface area is 195 Å². The van der Waals surface area contributed by atoms with E-state index in [9.17, 15) is 13.2 Å². The van der Waals surface area contributed by atoms with Gasteiger partial charge in [0.05, 0.1) is 5.69 Å². The van der Waals surface area contributed by atoms with Gasteiger partial charge >= 0.3 is 0 Å². The van der Waals surface area contributed by atoms with Crippen LogP contribution in [-0.2, 0) is 21.2 Å². The Kier molecular flexibility index (Phi) is 7.38. The number of halogens is 1. The average molecular weight is 476 g/mol. The van der Waals surface area contributed by atoms with Gasteiger partial charge in [0.1, 0.15) is 4.90 Å². The normalized spacial score (nSPS) is 18.4. The van der Waals surface area contributed by atoms with Crippen LogP contribution < -0.4 is 14.9 Å². The second-order valence-corrected chi connectivity index (χ2v) is 10.5. The number of rotatable bonds is 8. The van der Waals surface area contributed by atoms with E-state index >= 15 is 0 Å². The maximum atomic E-state index is 13.6. The number of carbonyl (C=O) groups excluding carboxylic acids is 1. The number of carbonyl (C=O) groups is 1. The lowest BCUT2D eigenvalue weighted by Crippen LogP contribution is -2.32. The van der Waals surface area contributed by atoms with Crippen molar-refractivity contribution in [2.24, 2.45) is 0 Å². The Hall–Kier alpha value is -2.09. The van der Waals surface area contributed by atoms with Crippen molar-refractivity contribution in [1.29, 1.82) is 0 Å². The van der Waals surface area contributed by atoms with E-state index in [-0.39, 0.29) is 16.8 Å². The Morgan fingerprint density at radius 1 is 1.09 bits per heavy atom. The molecule has 1 amide bonds. The lowest BCUT2D eigenvalue weighted by Gasteiger charge is -2.28. The molecule has 0 spiro atoms. The van der Waals surface area contributed by atoms with Crippen LogP contribution in [0, 0.1) is 0 Å². The van der Waals surface area contributed by atoms with E-state index in [0.29, 0.717) is 30.1 Å². The van der Waals surface area contributed by atoms with Gasteiger partial charge in [0, 0.05) is 37.1 Å². The molecule has 1 aliphatic carbocycles. The van der Waals surface area contributed by atoms with Crippen molar-refractivity contribution in [1.82, 2.24) is 4.72 Å². The van der Waals surface area contributed by atoms with Crippen molar-refractivity contribution < 1.29 is 13.2 Å². The molecule has 2 aliphatic rings. The van der Waals surface area contributed by atoms with E-state index in [2.05, 4.69) is 21.0 Å². The number of nitrogens with one attached hydrogen (secondary N) is 2. The number of fused-ring (bicyclic) bond motifs is 1. The zero-order chi connectivity index (χ0) is 22.6. The predicted molar refractivity (Wildman–Crippen MR) is 129 cm³/mol. The number of hydrogen-bond donors (Lipinski definition) is 2. The van der Waals surface area contributed by atoms with Crippen LogP contribution in [0.25, 0.3) is 0 Å². The Balaban J connectivity index is 1.64. The quantitative estimate of drug-likeness (QED) is 0.547. The first-order valence-electron chi connectivity index (χ1n) is 11.3. The van der Waals surface area contributed by atoms with Crippen LogP contribution in [0.4, 0.5) is 11.4 Å². The smallest absolute Gasteiger partial charge is 0.243 e. The van der Waals surface area contributed by atoms with Crippen LogP contribution in [0.3, 0.4) is 0 Å². The molecule has 0 aromatic heterocycles. The fourth-order valence-corrected chi connectivity index (χ4v) is 6.24. The highest BCUT2D eigenvalue weighted by atomic mass is 35.5. The summed E-state index contributed by atoms with van der Waals surface area (Å²) in [7, 11) is -3.81. The maximum Gasteiger partial charge on any atom is 0.243 e. The molecule has 0 radical (unpaired) electrons.